The molecule has 15 heteroatoms. The minimum Gasteiger partial charge on any atom is -0.474 e. The molecule has 10 nitrogen and oxygen atoms in total. The first-order valence-corrected chi connectivity index (χ1v) is 15.0. The number of benzene rings is 1. The van der Waals surface area contributed by atoms with E-state index in [2.05, 4.69) is 10.3 Å². The van der Waals surface area contributed by atoms with E-state index in [1.807, 2.05) is 4.72 Å². The molecule has 232 valence electrons. The molecule has 0 radical (unpaired) electrons. The van der Waals surface area contributed by atoms with E-state index in [0.29, 0.717) is 12.8 Å². The fourth-order valence-corrected chi connectivity index (χ4v) is 4.64. The normalized spacial score (nSPS) is 15.6. The Morgan fingerprint density at radius 1 is 1.12 bits per heavy atom. The molecule has 1 aromatic heterocycles. The molecule has 2 amide bonds. The van der Waals surface area contributed by atoms with Crippen molar-refractivity contribution in [3.05, 3.63) is 53.0 Å². The van der Waals surface area contributed by atoms with Crippen LogP contribution in [0.1, 0.15) is 63.3 Å². The van der Waals surface area contributed by atoms with Crippen LogP contribution in [-0.4, -0.2) is 61.4 Å². The number of hydrogen-bond acceptors (Lipinski definition) is 7. The molecule has 1 saturated heterocycles. The molecule has 1 aliphatic heterocycles. The van der Waals surface area contributed by atoms with Gasteiger partial charge in [0.05, 0.1) is 17.9 Å². The Morgan fingerprint density at radius 3 is 2.31 bits per heavy atom. The summed E-state index contributed by atoms with van der Waals surface area (Å²) in [4.78, 5) is 30.3. The molecule has 1 atom stereocenters. The van der Waals surface area contributed by atoms with Crippen LogP contribution in [0.25, 0.3) is 0 Å². The zero-order valence-electron chi connectivity index (χ0n) is 23.8. The number of ether oxygens (including phenoxy) is 2. The highest BCUT2D eigenvalue weighted by Gasteiger charge is 2.34. The molecule has 0 saturated carbocycles. The smallest absolute Gasteiger partial charge is 0.433 e. The average molecular weight is 619 g/mol. The van der Waals surface area contributed by atoms with Gasteiger partial charge in [-0.2, -0.15) is 13.2 Å². The first kappa shape index (κ1) is 32.9. The van der Waals surface area contributed by atoms with Crippen molar-refractivity contribution < 1.29 is 45.0 Å². The maximum Gasteiger partial charge on any atom is 0.433 e. The number of pyridine rings is 1. The molecule has 0 spiro atoms. The van der Waals surface area contributed by atoms with Gasteiger partial charge in [-0.1, -0.05) is 6.07 Å². The summed E-state index contributed by atoms with van der Waals surface area (Å²) in [7, 11) is -3.71. The van der Waals surface area contributed by atoms with Crippen molar-refractivity contribution in [3.63, 3.8) is 0 Å². The standard InChI is InChI=1S/C27H34F4N4O6S/c1-16(17-6-8-21(20(28)14-17)34-42(5,38)39)23(36)32-15-18-7-9-22(27(29,30)31)33-24(18)40-19-10-12-35(13-11-19)25(37)41-26(2,3)4/h6-9,14,16,19,34H,10-13,15H2,1-5H3,(H,32,36). The second-order valence-electron chi connectivity index (χ2n) is 11.0. The lowest BCUT2D eigenvalue weighted by Gasteiger charge is -2.33. The van der Waals surface area contributed by atoms with Crippen molar-refractivity contribution in [2.75, 3.05) is 24.1 Å². The highest BCUT2D eigenvalue weighted by Crippen LogP contribution is 2.31. The quantitative estimate of drug-likeness (QED) is 0.407. The van der Waals surface area contributed by atoms with Gasteiger partial charge >= 0.3 is 12.3 Å². The Bertz CT molecular complexity index is 1400. The van der Waals surface area contributed by atoms with Crippen LogP contribution >= 0.6 is 0 Å². The second kappa shape index (κ2) is 12.7. The molecule has 3 rings (SSSR count). The molecule has 1 unspecified atom stereocenters. The van der Waals surface area contributed by atoms with Crippen molar-refractivity contribution in [3.8, 4) is 5.88 Å². The Hall–Kier alpha value is -3.62. The van der Waals surface area contributed by atoms with Crippen molar-refractivity contribution in [2.24, 2.45) is 0 Å². The zero-order chi connectivity index (χ0) is 31.5. The number of carbonyl (C=O) groups is 2. The monoisotopic (exact) mass is 618 g/mol. The summed E-state index contributed by atoms with van der Waals surface area (Å²) in [5.41, 5.74) is -1.66. The second-order valence-corrected chi connectivity index (χ2v) is 12.7. The molecular formula is C27H34F4N4O6S. The number of aromatic nitrogens is 1. The van der Waals surface area contributed by atoms with Gasteiger partial charge in [-0.15, -0.1) is 0 Å². The number of halogens is 4. The van der Waals surface area contributed by atoms with Crippen LogP contribution < -0.4 is 14.8 Å². The first-order chi connectivity index (χ1) is 19.3. The lowest BCUT2D eigenvalue weighted by atomic mass is 9.99. The summed E-state index contributed by atoms with van der Waals surface area (Å²) in [6, 6.07) is 5.55. The number of sulfonamides is 1. The van der Waals surface area contributed by atoms with Crippen LogP contribution in [0.2, 0.25) is 0 Å². The number of rotatable bonds is 8. The van der Waals surface area contributed by atoms with E-state index in [9.17, 15) is 35.6 Å². The third-order valence-corrected chi connectivity index (χ3v) is 6.83. The van der Waals surface area contributed by atoms with E-state index >= 15 is 0 Å². The van der Waals surface area contributed by atoms with Gasteiger partial charge in [0.2, 0.25) is 21.8 Å². The lowest BCUT2D eigenvalue weighted by molar-refractivity contribution is -0.141. The Balaban J connectivity index is 1.69. The third kappa shape index (κ3) is 9.46. The lowest BCUT2D eigenvalue weighted by Crippen LogP contribution is -2.44. The molecule has 0 aliphatic carbocycles. The van der Waals surface area contributed by atoms with E-state index in [0.717, 1.165) is 24.5 Å². The summed E-state index contributed by atoms with van der Waals surface area (Å²) in [5, 5.41) is 2.61. The number of amides is 2. The van der Waals surface area contributed by atoms with E-state index in [1.54, 1.807) is 20.8 Å². The Morgan fingerprint density at radius 2 is 1.76 bits per heavy atom. The molecule has 2 heterocycles. The highest BCUT2D eigenvalue weighted by atomic mass is 32.2. The molecule has 42 heavy (non-hydrogen) atoms. The summed E-state index contributed by atoms with van der Waals surface area (Å²) >= 11 is 0. The molecule has 2 aromatic rings. The molecular weight excluding hydrogens is 584 g/mol. The zero-order valence-corrected chi connectivity index (χ0v) is 24.7. The van der Waals surface area contributed by atoms with Crippen LogP contribution in [-0.2, 0) is 32.3 Å². The molecule has 1 aromatic carbocycles. The predicted molar refractivity (Wildman–Crippen MR) is 146 cm³/mol. The number of hydrogen-bond donors (Lipinski definition) is 2. The Kier molecular flexibility index (Phi) is 9.96. The fraction of sp³-hybridized carbons (Fsp3) is 0.519. The third-order valence-electron chi connectivity index (χ3n) is 6.24. The number of carbonyl (C=O) groups excluding carboxylic acids is 2. The van der Waals surface area contributed by atoms with Gasteiger partial charge in [-0.3, -0.25) is 9.52 Å². The minimum absolute atomic E-state index is 0.192. The number of likely N-dealkylation sites (tertiary alicyclic amines) is 1. The van der Waals surface area contributed by atoms with Crippen molar-refractivity contribution in [1.82, 2.24) is 15.2 Å². The van der Waals surface area contributed by atoms with Gasteiger partial charge in [0.1, 0.15) is 23.2 Å². The van der Waals surface area contributed by atoms with Gasteiger partial charge in [-0.05, 0) is 57.5 Å². The van der Waals surface area contributed by atoms with Crippen LogP contribution in [0, 0.1) is 5.82 Å². The van der Waals surface area contributed by atoms with E-state index in [-0.39, 0.29) is 42.3 Å². The SMILES string of the molecule is CC(C(=O)NCc1ccc(C(F)(F)F)nc1OC1CCN(C(=O)OC(C)(C)C)CC1)c1ccc(NS(C)(=O)=O)c(F)c1. The maximum atomic E-state index is 14.4. The van der Waals surface area contributed by atoms with Crippen LogP contribution in [0.5, 0.6) is 5.88 Å². The summed E-state index contributed by atoms with van der Waals surface area (Å²) in [6.07, 6.45) is -4.22. The highest BCUT2D eigenvalue weighted by molar-refractivity contribution is 7.92. The van der Waals surface area contributed by atoms with Gasteiger partial charge in [0.25, 0.3) is 0 Å². The van der Waals surface area contributed by atoms with Gasteiger partial charge < -0.3 is 19.7 Å². The first-order valence-electron chi connectivity index (χ1n) is 13.1. The minimum atomic E-state index is -4.73. The van der Waals surface area contributed by atoms with Crippen molar-refractivity contribution in [2.45, 2.75) is 70.9 Å². The van der Waals surface area contributed by atoms with Crippen LogP contribution in [0.3, 0.4) is 0 Å². The van der Waals surface area contributed by atoms with E-state index in [1.165, 1.54) is 24.0 Å². The molecule has 1 fully saturated rings. The summed E-state index contributed by atoms with van der Waals surface area (Å²) < 4.78 is 90.6. The largest absolute Gasteiger partial charge is 0.474 e. The van der Waals surface area contributed by atoms with E-state index in [4.69, 9.17) is 9.47 Å². The van der Waals surface area contributed by atoms with Crippen molar-refractivity contribution in [1.29, 1.82) is 0 Å². The number of nitrogens with one attached hydrogen (secondary N) is 2. The van der Waals surface area contributed by atoms with E-state index < -0.39 is 57.3 Å². The average Bonchev–Trinajstić information content (AvgIpc) is 2.86. The van der Waals surface area contributed by atoms with Crippen molar-refractivity contribution >= 4 is 27.7 Å². The summed E-state index contributed by atoms with van der Waals surface area (Å²) in [5.74, 6) is -2.61. The number of piperidine rings is 1. The number of anilines is 1. The van der Waals surface area contributed by atoms with Gasteiger partial charge in [0.15, 0.2) is 0 Å². The van der Waals surface area contributed by atoms with Crippen LogP contribution in [0.4, 0.5) is 28.0 Å². The molecule has 0 bridgehead atoms. The van der Waals surface area contributed by atoms with Crippen LogP contribution in [0.15, 0.2) is 30.3 Å². The predicted octanol–water partition coefficient (Wildman–Crippen LogP) is 4.81. The maximum absolute atomic E-state index is 14.4. The number of nitrogens with zero attached hydrogens (tertiary/aromatic N) is 2. The Labute approximate surface area is 241 Å². The fourth-order valence-electron chi connectivity index (χ4n) is 4.07. The molecule has 2 N–H and O–H groups in total. The molecule has 1 aliphatic rings. The topological polar surface area (TPSA) is 127 Å². The van der Waals surface area contributed by atoms with Gasteiger partial charge in [0, 0.05) is 38.0 Å². The number of alkyl halides is 3. The summed E-state index contributed by atoms with van der Waals surface area (Å²) in [6.45, 7) is 7.05. The van der Waals surface area contributed by atoms with Gasteiger partial charge in [-0.25, -0.2) is 22.6 Å².